The van der Waals surface area contributed by atoms with E-state index in [-0.39, 0.29) is 0 Å². The van der Waals surface area contributed by atoms with Crippen molar-refractivity contribution in [1.82, 2.24) is 9.97 Å². The summed E-state index contributed by atoms with van der Waals surface area (Å²) >= 11 is 1.55. The molecule has 18 heavy (non-hydrogen) atoms. The van der Waals surface area contributed by atoms with Crippen molar-refractivity contribution in [2.45, 2.75) is 23.3 Å². The number of rotatable bonds is 4. The van der Waals surface area contributed by atoms with Crippen LogP contribution in [0.4, 0.5) is 5.82 Å². The average Bonchev–Trinajstić information content (AvgIpc) is 2.38. The van der Waals surface area contributed by atoms with Crippen molar-refractivity contribution in [3.8, 4) is 5.75 Å². The zero-order chi connectivity index (χ0) is 13.0. The van der Waals surface area contributed by atoms with Gasteiger partial charge in [-0.3, -0.25) is 0 Å². The molecule has 2 N–H and O–H groups in total. The van der Waals surface area contributed by atoms with Crippen LogP contribution in [0, 0.1) is 0 Å². The van der Waals surface area contributed by atoms with E-state index in [1.807, 2.05) is 31.2 Å². The second kappa shape index (κ2) is 5.73. The van der Waals surface area contributed by atoms with E-state index in [4.69, 9.17) is 10.5 Å². The highest BCUT2D eigenvalue weighted by atomic mass is 32.2. The molecule has 0 aliphatic rings. The number of aromatic nitrogens is 2. The van der Waals surface area contributed by atoms with Gasteiger partial charge in [0.2, 0.25) is 0 Å². The molecule has 0 atom stereocenters. The topological polar surface area (TPSA) is 61.0 Å². The van der Waals surface area contributed by atoms with E-state index >= 15 is 0 Å². The minimum atomic E-state index is 0.507. The summed E-state index contributed by atoms with van der Waals surface area (Å²) in [5, 5.41) is 0.854. The molecule has 0 saturated heterocycles. The lowest BCUT2D eigenvalue weighted by atomic mass is 10.3. The first-order valence-electron chi connectivity index (χ1n) is 5.66. The zero-order valence-corrected chi connectivity index (χ0v) is 11.2. The van der Waals surface area contributed by atoms with Crippen molar-refractivity contribution in [2.24, 2.45) is 0 Å². The monoisotopic (exact) mass is 261 g/mol. The molecule has 4 nitrogen and oxygen atoms in total. The predicted molar refractivity (Wildman–Crippen MR) is 72.9 cm³/mol. The highest BCUT2D eigenvalue weighted by molar-refractivity contribution is 7.99. The van der Waals surface area contributed by atoms with Gasteiger partial charge in [-0.15, -0.1) is 0 Å². The van der Waals surface area contributed by atoms with Gasteiger partial charge >= 0.3 is 0 Å². The molecule has 0 saturated carbocycles. The molecular weight excluding hydrogens is 246 g/mol. The Labute approximate surface area is 111 Å². The number of benzene rings is 1. The summed E-state index contributed by atoms with van der Waals surface area (Å²) < 4.78 is 5.19. The summed E-state index contributed by atoms with van der Waals surface area (Å²) in [5.41, 5.74) is 5.76. The number of ether oxygens (including phenoxy) is 1. The van der Waals surface area contributed by atoms with E-state index in [1.165, 1.54) is 0 Å². The van der Waals surface area contributed by atoms with Gasteiger partial charge in [-0.25, -0.2) is 9.97 Å². The molecule has 0 fully saturated rings. The van der Waals surface area contributed by atoms with Gasteiger partial charge in [0, 0.05) is 17.4 Å². The maximum absolute atomic E-state index is 5.76. The van der Waals surface area contributed by atoms with Crippen LogP contribution in [-0.4, -0.2) is 17.1 Å². The molecule has 0 bridgehead atoms. The number of nitrogens with zero attached hydrogens (tertiary/aromatic N) is 2. The second-order valence-corrected chi connectivity index (χ2v) is 4.78. The molecule has 1 aromatic heterocycles. The lowest BCUT2D eigenvalue weighted by Gasteiger charge is -2.05. The summed E-state index contributed by atoms with van der Waals surface area (Å²) in [5.74, 6) is 2.10. The van der Waals surface area contributed by atoms with Crippen LogP contribution in [0.2, 0.25) is 0 Å². The predicted octanol–water partition coefficient (Wildman–Crippen LogP) is 2.78. The quantitative estimate of drug-likeness (QED) is 0.857. The molecule has 0 aliphatic carbocycles. The molecule has 94 valence electrons. The highest BCUT2D eigenvalue weighted by Crippen LogP contribution is 2.29. The normalized spacial score (nSPS) is 10.3. The Kier molecular flexibility index (Phi) is 4.04. The molecule has 2 rings (SSSR count). The van der Waals surface area contributed by atoms with Crippen LogP contribution in [0.25, 0.3) is 0 Å². The molecule has 2 aromatic rings. The SMILES string of the molecule is CCc1nc(N)cc(Sc2cccc(OC)c2)n1. The molecule has 1 aromatic carbocycles. The largest absolute Gasteiger partial charge is 0.497 e. The van der Waals surface area contributed by atoms with Crippen molar-refractivity contribution >= 4 is 17.6 Å². The van der Waals surface area contributed by atoms with E-state index in [0.717, 1.165) is 27.9 Å². The van der Waals surface area contributed by atoms with Crippen molar-refractivity contribution in [2.75, 3.05) is 12.8 Å². The van der Waals surface area contributed by atoms with Crippen molar-refractivity contribution in [3.05, 3.63) is 36.2 Å². The number of hydrogen-bond acceptors (Lipinski definition) is 5. The Morgan fingerprint density at radius 1 is 1.28 bits per heavy atom. The molecule has 0 amide bonds. The van der Waals surface area contributed by atoms with Crippen molar-refractivity contribution in [1.29, 1.82) is 0 Å². The van der Waals surface area contributed by atoms with Gasteiger partial charge in [0.1, 0.15) is 22.4 Å². The van der Waals surface area contributed by atoms with E-state index in [9.17, 15) is 0 Å². The Bertz CT molecular complexity index is 546. The van der Waals surface area contributed by atoms with Crippen LogP contribution in [0.3, 0.4) is 0 Å². The van der Waals surface area contributed by atoms with Crippen LogP contribution >= 0.6 is 11.8 Å². The Morgan fingerprint density at radius 3 is 2.83 bits per heavy atom. The fraction of sp³-hybridized carbons (Fsp3) is 0.231. The minimum Gasteiger partial charge on any atom is -0.497 e. The first-order chi connectivity index (χ1) is 8.71. The lowest BCUT2D eigenvalue weighted by molar-refractivity contribution is 0.413. The minimum absolute atomic E-state index is 0.507. The molecule has 1 heterocycles. The third-order valence-corrected chi connectivity index (χ3v) is 3.26. The number of nitrogens with two attached hydrogens (primary N) is 1. The van der Waals surface area contributed by atoms with Gasteiger partial charge in [0.05, 0.1) is 7.11 Å². The fourth-order valence-corrected chi connectivity index (χ4v) is 2.38. The third-order valence-electron chi connectivity index (χ3n) is 2.35. The summed E-state index contributed by atoms with van der Waals surface area (Å²) in [7, 11) is 1.65. The molecular formula is C13H15N3OS. The van der Waals surface area contributed by atoms with Crippen LogP contribution < -0.4 is 10.5 Å². The standard InChI is InChI=1S/C13H15N3OS/c1-3-12-15-11(14)8-13(16-12)18-10-6-4-5-9(7-10)17-2/h4-8H,3H2,1-2H3,(H2,14,15,16). The molecule has 0 spiro atoms. The molecule has 0 aliphatic heterocycles. The highest BCUT2D eigenvalue weighted by Gasteiger charge is 2.04. The maximum Gasteiger partial charge on any atom is 0.131 e. The van der Waals surface area contributed by atoms with Gasteiger partial charge in [-0.2, -0.15) is 0 Å². The van der Waals surface area contributed by atoms with Crippen LogP contribution in [0.1, 0.15) is 12.7 Å². The number of anilines is 1. The average molecular weight is 261 g/mol. The van der Waals surface area contributed by atoms with E-state index < -0.39 is 0 Å². The number of hydrogen-bond donors (Lipinski definition) is 1. The second-order valence-electron chi connectivity index (χ2n) is 3.68. The van der Waals surface area contributed by atoms with Gasteiger partial charge in [0.25, 0.3) is 0 Å². The van der Waals surface area contributed by atoms with Gasteiger partial charge in [-0.1, -0.05) is 24.8 Å². The van der Waals surface area contributed by atoms with E-state index in [0.29, 0.717) is 5.82 Å². The van der Waals surface area contributed by atoms with Crippen molar-refractivity contribution in [3.63, 3.8) is 0 Å². The Balaban J connectivity index is 2.24. The first-order valence-corrected chi connectivity index (χ1v) is 6.48. The van der Waals surface area contributed by atoms with Crippen molar-refractivity contribution < 1.29 is 4.74 Å². The summed E-state index contributed by atoms with van der Waals surface area (Å²) in [6, 6.07) is 9.62. The number of nitrogen functional groups attached to an aromatic ring is 1. The lowest BCUT2D eigenvalue weighted by Crippen LogP contribution is -1.99. The summed E-state index contributed by atoms with van der Waals surface area (Å²) in [4.78, 5) is 9.65. The summed E-state index contributed by atoms with van der Waals surface area (Å²) in [6.07, 6.45) is 0.775. The molecule has 5 heteroatoms. The van der Waals surface area contributed by atoms with Gasteiger partial charge in [-0.05, 0) is 18.2 Å². The van der Waals surface area contributed by atoms with Gasteiger partial charge < -0.3 is 10.5 Å². The zero-order valence-electron chi connectivity index (χ0n) is 10.4. The smallest absolute Gasteiger partial charge is 0.131 e. The van der Waals surface area contributed by atoms with E-state index in [1.54, 1.807) is 24.9 Å². The van der Waals surface area contributed by atoms with Crippen LogP contribution in [0.15, 0.2) is 40.3 Å². The van der Waals surface area contributed by atoms with Crippen LogP contribution in [-0.2, 0) is 6.42 Å². The maximum atomic E-state index is 5.76. The third kappa shape index (κ3) is 3.13. The Morgan fingerprint density at radius 2 is 2.11 bits per heavy atom. The summed E-state index contributed by atoms with van der Waals surface area (Å²) in [6.45, 7) is 2.01. The van der Waals surface area contributed by atoms with Crippen LogP contribution in [0.5, 0.6) is 5.75 Å². The van der Waals surface area contributed by atoms with Gasteiger partial charge in [0.15, 0.2) is 0 Å². The van der Waals surface area contributed by atoms with E-state index in [2.05, 4.69) is 9.97 Å². The Hall–Kier alpha value is -1.75. The molecule has 0 radical (unpaired) electrons. The fourth-order valence-electron chi connectivity index (χ4n) is 1.49. The number of aryl methyl sites for hydroxylation is 1. The first kappa shape index (κ1) is 12.7. The number of methoxy groups -OCH3 is 1. The molecule has 0 unspecified atom stereocenters.